The average Bonchev–Trinajstić information content (AvgIpc) is 2.98. The predicted molar refractivity (Wildman–Crippen MR) is 175 cm³/mol. The van der Waals surface area contributed by atoms with E-state index in [0.29, 0.717) is 24.6 Å². The number of ether oxygens (including phenoxy) is 1. The molecule has 0 amide bonds. The van der Waals surface area contributed by atoms with E-state index in [1.54, 1.807) is 0 Å². The number of hydrogen-bond acceptors (Lipinski definition) is 3. The van der Waals surface area contributed by atoms with Gasteiger partial charge in [-0.15, -0.1) is 23.2 Å². The topological polar surface area (TPSA) is 29.5 Å². The van der Waals surface area contributed by atoms with Gasteiger partial charge in [0.25, 0.3) is 0 Å². The summed E-state index contributed by atoms with van der Waals surface area (Å²) in [5, 5.41) is 5.92. The van der Waals surface area contributed by atoms with E-state index in [1.807, 2.05) is 30.3 Å². The van der Waals surface area contributed by atoms with E-state index in [1.165, 1.54) is 5.56 Å². The molecule has 0 N–H and O–H groups in total. The van der Waals surface area contributed by atoms with Crippen LogP contribution in [0.5, 0.6) is 0 Å². The van der Waals surface area contributed by atoms with Crippen LogP contribution in [0.1, 0.15) is 29.5 Å². The molecule has 0 atom stereocenters. The number of hydrogen-bond donors (Lipinski definition) is 0. The van der Waals surface area contributed by atoms with Gasteiger partial charge in [-0.25, -0.2) is 0 Å². The van der Waals surface area contributed by atoms with E-state index in [-0.39, 0.29) is 12.6 Å². The van der Waals surface area contributed by atoms with Gasteiger partial charge in [-0.1, -0.05) is 80.9 Å². The summed E-state index contributed by atoms with van der Waals surface area (Å²) in [6.45, 7) is 18.5. The lowest BCUT2D eigenvalue weighted by Gasteiger charge is -2.23. The fourth-order valence-electron chi connectivity index (χ4n) is 5.20. The van der Waals surface area contributed by atoms with Crippen molar-refractivity contribution in [3.05, 3.63) is 101 Å². The average molecular weight is 573 g/mol. The van der Waals surface area contributed by atoms with Crippen LogP contribution in [0.25, 0.3) is 46.4 Å². The van der Waals surface area contributed by atoms with Crippen LogP contribution in [0.3, 0.4) is 0 Å². The summed E-state index contributed by atoms with van der Waals surface area (Å²) in [7, 11) is 0. The van der Waals surface area contributed by atoms with E-state index in [9.17, 15) is 4.79 Å². The number of carbonyl (C=O) groups is 1. The molecule has 5 heteroatoms. The first-order chi connectivity index (χ1) is 19.4. The summed E-state index contributed by atoms with van der Waals surface area (Å²) in [6, 6.07) is 20.6. The molecule has 40 heavy (non-hydrogen) atoms. The first-order valence-electron chi connectivity index (χ1n) is 13.5. The van der Waals surface area contributed by atoms with Crippen molar-refractivity contribution in [3.63, 3.8) is 0 Å². The van der Waals surface area contributed by atoms with Crippen LogP contribution in [0.2, 0.25) is 0 Å². The lowest BCUT2D eigenvalue weighted by molar-refractivity contribution is -0.142. The molecule has 0 aliphatic carbocycles. The first kappa shape index (κ1) is 29.5. The summed E-state index contributed by atoms with van der Waals surface area (Å²) in [6.07, 6.45) is 3.69. The van der Waals surface area contributed by atoms with Crippen molar-refractivity contribution in [1.82, 2.24) is 0 Å². The van der Waals surface area contributed by atoms with Gasteiger partial charge in [0.1, 0.15) is 6.61 Å². The molecule has 0 aliphatic rings. The summed E-state index contributed by atoms with van der Waals surface area (Å²) >= 11 is 11.8. The van der Waals surface area contributed by atoms with Crippen molar-refractivity contribution in [2.45, 2.75) is 19.3 Å². The fraction of sp³-hybridized carbons (Fsp3) is 0.229. The van der Waals surface area contributed by atoms with Gasteiger partial charge in [-0.05, 0) is 79.2 Å². The molecular weight excluding hydrogens is 537 g/mol. The molecule has 0 aliphatic heterocycles. The van der Waals surface area contributed by atoms with Crippen LogP contribution in [0.4, 0.5) is 5.69 Å². The van der Waals surface area contributed by atoms with Gasteiger partial charge in [0.15, 0.2) is 0 Å². The number of aryl methyl sites for hydroxylation is 1. The summed E-state index contributed by atoms with van der Waals surface area (Å²) in [5.41, 5.74) is 4.96. The Balaban J connectivity index is 1.39. The Kier molecular flexibility index (Phi) is 10.1. The van der Waals surface area contributed by atoms with Crippen molar-refractivity contribution in [3.8, 4) is 0 Å². The van der Waals surface area contributed by atoms with Crippen LogP contribution in [0.15, 0.2) is 73.8 Å². The van der Waals surface area contributed by atoms with Gasteiger partial charge in [0, 0.05) is 37.0 Å². The lowest BCUT2D eigenvalue weighted by atomic mass is 9.91. The number of rotatable bonds is 13. The van der Waals surface area contributed by atoms with Gasteiger partial charge < -0.3 is 9.64 Å². The Labute approximate surface area is 246 Å². The van der Waals surface area contributed by atoms with Gasteiger partial charge in [0.05, 0.1) is 0 Å². The molecule has 4 rings (SSSR count). The van der Waals surface area contributed by atoms with Crippen molar-refractivity contribution in [1.29, 1.82) is 0 Å². The molecule has 0 saturated heterocycles. The Hall–Kier alpha value is -3.53. The number of halogens is 2. The quantitative estimate of drug-likeness (QED) is 0.0956. The van der Waals surface area contributed by atoms with E-state index < -0.39 is 0 Å². The van der Waals surface area contributed by atoms with Crippen LogP contribution in [-0.4, -0.2) is 37.4 Å². The number of carbonyl (C=O) groups excluding carboxylic acids is 1. The minimum absolute atomic E-state index is 0.125. The van der Waals surface area contributed by atoms with Crippen LogP contribution >= 0.6 is 23.2 Å². The Morgan fingerprint density at radius 3 is 2.15 bits per heavy atom. The molecule has 0 unspecified atom stereocenters. The number of benzene rings is 4. The summed E-state index contributed by atoms with van der Waals surface area (Å²) < 4.78 is 5.62. The lowest BCUT2D eigenvalue weighted by Crippen LogP contribution is -2.27. The monoisotopic (exact) mass is 571 g/mol. The van der Waals surface area contributed by atoms with Gasteiger partial charge in [0.2, 0.25) is 0 Å². The van der Waals surface area contributed by atoms with Gasteiger partial charge in [-0.3, -0.25) is 4.79 Å². The van der Waals surface area contributed by atoms with Gasteiger partial charge >= 0.3 is 5.97 Å². The number of anilines is 1. The Morgan fingerprint density at radius 2 is 1.50 bits per heavy atom. The van der Waals surface area contributed by atoms with E-state index in [0.717, 1.165) is 73.9 Å². The number of fused-ring (bicyclic) bond motifs is 3. The number of nitrogens with zero attached hydrogens (tertiary/aromatic N) is 1. The van der Waals surface area contributed by atoms with Crippen LogP contribution < -0.4 is 15.3 Å². The highest BCUT2D eigenvalue weighted by molar-refractivity contribution is 6.18. The maximum atomic E-state index is 12.6. The maximum absolute atomic E-state index is 12.6. The molecule has 3 nitrogen and oxygen atoms in total. The molecule has 4 aromatic carbocycles. The van der Waals surface area contributed by atoms with E-state index >= 15 is 0 Å². The van der Waals surface area contributed by atoms with Crippen molar-refractivity contribution >= 4 is 81.2 Å². The molecule has 0 heterocycles. The molecule has 0 aromatic heterocycles. The molecule has 206 valence electrons. The molecule has 0 fully saturated rings. The zero-order valence-corrected chi connectivity index (χ0v) is 24.4. The number of esters is 1. The third-order valence-electron chi connectivity index (χ3n) is 7.28. The zero-order chi connectivity index (χ0) is 28.6. The largest absolute Gasteiger partial charge is 0.461 e. The van der Waals surface area contributed by atoms with Crippen molar-refractivity contribution in [2.75, 3.05) is 36.4 Å². The molecule has 0 radical (unpaired) electrons. The van der Waals surface area contributed by atoms with Gasteiger partial charge in [-0.2, -0.15) is 0 Å². The second-order valence-corrected chi connectivity index (χ2v) is 10.6. The van der Waals surface area contributed by atoms with Crippen LogP contribution in [-0.2, 0) is 16.0 Å². The Bertz CT molecular complexity index is 1640. The van der Waals surface area contributed by atoms with E-state index in [2.05, 4.69) is 67.6 Å². The highest BCUT2D eigenvalue weighted by Crippen LogP contribution is 2.28. The third-order valence-corrected chi connectivity index (χ3v) is 7.62. The number of alkyl halides is 2. The molecule has 4 aromatic rings. The molecule has 0 saturated carbocycles. The highest BCUT2D eigenvalue weighted by atomic mass is 35.5. The fourth-order valence-corrected chi connectivity index (χ4v) is 5.61. The second kappa shape index (κ2) is 13.7. The predicted octanol–water partition coefficient (Wildman–Crippen LogP) is 7.32. The first-order valence-corrected chi connectivity index (χ1v) is 14.5. The van der Waals surface area contributed by atoms with E-state index in [4.69, 9.17) is 27.9 Å². The maximum Gasteiger partial charge on any atom is 0.306 e. The standard InChI is InChI=1S/C35H35Cl2NO2/c1-5-28-10-7-12-31-32-13-8-11-30(35(32)26(4)25(3)34(28)31)24(2)23-40-33(39)14-6-9-27-15-17-29(18-16-27)38(21-19-36)22-20-37/h5,7-8,10-13,15-18H,1-4,6,9,14,19-23H2. The Morgan fingerprint density at radius 1 is 0.875 bits per heavy atom. The second-order valence-electron chi connectivity index (χ2n) is 9.81. The van der Waals surface area contributed by atoms with Crippen molar-refractivity contribution in [2.24, 2.45) is 0 Å². The highest BCUT2D eigenvalue weighted by Gasteiger charge is 2.13. The summed E-state index contributed by atoms with van der Waals surface area (Å²) in [4.78, 5) is 14.7. The SMILES string of the molecule is C=Cc1cccc2c1c(=C)c(=C)c1c(C(=C)COC(=O)CCCc3ccc(N(CCCl)CCCl)cc3)cccc12. The van der Waals surface area contributed by atoms with Crippen LogP contribution in [0, 0.1) is 0 Å². The molecular formula is C35H35Cl2NO2. The minimum atomic E-state index is -0.234. The zero-order valence-electron chi connectivity index (χ0n) is 22.9. The van der Waals surface area contributed by atoms with Crippen molar-refractivity contribution < 1.29 is 9.53 Å². The normalized spacial score (nSPS) is 11.1. The third kappa shape index (κ3) is 6.43. The molecule has 0 spiro atoms. The molecule has 0 bridgehead atoms. The summed E-state index contributed by atoms with van der Waals surface area (Å²) in [5.74, 6) is 0.866. The minimum Gasteiger partial charge on any atom is -0.461 e. The smallest absolute Gasteiger partial charge is 0.306 e.